The Hall–Kier alpha value is -4.33. The van der Waals surface area contributed by atoms with Gasteiger partial charge < -0.3 is 25.7 Å². The zero-order valence-corrected chi connectivity index (χ0v) is 16.5. The van der Waals surface area contributed by atoms with E-state index in [0.717, 1.165) is 28.0 Å². The van der Waals surface area contributed by atoms with Crippen LogP contribution in [-0.4, -0.2) is 31.0 Å². The van der Waals surface area contributed by atoms with Crippen LogP contribution in [0.25, 0.3) is 21.8 Å². The van der Waals surface area contributed by atoms with Crippen LogP contribution in [0.3, 0.4) is 0 Å². The summed E-state index contributed by atoms with van der Waals surface area (Å²) in [5, 5.41) is 17.7. The molecule has 31 heavy (non-hydrogen) atoms. The predicted octanol–water partition coefficient (Wildman–Crippen LogP) is 4.36. The first kappa shape index (κ1) is 18.7. The third-order valence-electron chi connectivity index (χ3n) is 5.17. The highest BCUT2D eigenvalue weighted by molar-refractivity contribution is 6.03. The molecule has 0 saturated carbocycles. The summed E-state index contributed by atoms with van der Waals surface area (Å²) in [6, 6.07) is 15.8. The molecule has 8 nitrogen and oxygen atoms in total. The number of carboxylic acids is 1. The fraction of sp³-hybridized carbons (Fsp3) is 0.0870. The number of rotatable bonds is 7. The van der Waals surface area contributed by atoms with Crippen LogP contribution in [0, 0.1) is 0 Å². The lowest BCUT2D eigenvalue weighted by Crippen LogP contribution is -2.07. The summed E-state index contributed by atoms with van der Waals surface area (Å²) in [6.45, 7) is 1.13. The number of carboxylic acid groups (broad SMARTS) is 1. The third-order valence-corrected chi connectivity index (χ3v) is 5.17. The lowest BCUT2D eigenvalue weighted by molar-refractivity contribution is 0.0699. The van der Waals surface area contributed by atoms with Crippen LogP contribution in [0.2, 0.25) is 0 Å². The molecule has 0 unspecified atom stereocenters. The zero-order chi connectivity index (χ0) is 21.2. The second-order valence-corrected chi connectivity index (χ2v) is 7.26. The normalized spacial score (nSPS) is 11.1. The van der Waals surface area contributed by atoms with E-state index in [2.05, 4.69) is 54.8 Å². The molecule has 3 heterocycles. The maximum Gasteiger partial charge on any atom is 0.337 e. The number of aromatic amines is 2. The van der Waals surface area contributed by atoms with E-state index in [-0.39, 0.29) is 5.56 Å². The van der Waals surface area contributed by atoms with Crippen LogP contribution in [0.4, 0.5) is 11.8 Å². The number of H-pyrrole nitrogens is 2. The highest BCUT2D eigenvalue weighted by atomic mass is 16.4. The van der Waals surface area contributed by atoms with Gasteiger partial charge in [0.1, 0.15) is 5.82 Å². The minimum atomic E-state index is -0.950. The van der Waals surface area contributed by atoms with Gasteiger partial charge in [0.25, 0.3) is 0 Å². The summed E-state index contributed by atoms with van der Waals surface area (Å²) < 4.78 is 0. The van der Waals surface area contributed by atoms with E-state index < -0.39 is 5.97 Å². The molecule has 0 amide bonds. The SMILES string of the molecule is O=C(O)c1c[nH]c2ccc(CNc3nccc(NCc4ccc5[nH]ccc5c4)n3)cc12. The number of nitrogens with one attached hydrogen (secondary N) is 4. The van der Waals surface area contributed by atoms with E-state index in [1.165, 1.54) is 11.6 Å². The van der Waals surface area contributed by atoms with Gasteiger partial charge in [0.05, 0.1) is 5.56 Å². The molecule has 2 aromatic carbocycles. The number of anilines is 2. The van der Waals surface area contributed by atoms with Gasteiger partial charge in [0, 0.05) is 48.1 Å². The van der Waals surface area contributed by atoms with Crippen molar-refractivity contribution in [2.45, 2.75) is 13.1 Å². The number of nitrogens with zero attached hydrogens (tertiary/aromatic N) is 2. The smallest absolute Gasteiger partial charge is 0.337 e. The molecule has 154 valence electrons. The van der Waals surface area contributed by atoms with Crippen molar-refractivity contribution in [1.82, 2.24) is 19.9 Å². The van der Waals surface area contributed by atoms with Gasteiger partial charge in [0.15, 0.2) is 0 Å². The van der Waals surface area contributed by atoms with Crippen LogP contribution in [0.15, 0.2) is 67.1 Å². The molecule has 3 aromatic heterocycles. The Kier molecular flexibility index (Phi) is 4.72. The first-order valence-electron chi connectivity index (χ1n) is 9.86. The van der Waals surface area contributed by atoms with Crippen LogP contribution in [-0.2, 0) is 13.1 Å². The van der Waals surface area contributed by atoms with Crippen LogP contribution < -0.4 is 10.6 Å². The summed E-state index contributed by atoms with van der Waals surface area (Å²) in [5.74, 6) is 0.272. The molecule has 0 atom stereocenters. The van der Waals surface area contributed by atoms with Gasteiger partial charge in [0.2, 0.25) is 5.95 Å². The highest BCUT2D eigenvalue weighted by Gasteiger charge is 2.11. The van der Waals surface area contributed by atoms with Crippen LogP contribution in [0.5, 0.6) is 0 Å². The minimum Gasteiger partial charge on any atom is -0.478 e. The first-order valence-corrected chi connectivity index (χ1v) is 9.86. The van der Waals surface area contributed by atoms with E-state index in [1.807, 2.05) is 30.5 Å². The van der Waals surface area contributed by atoms with Gasteiger partial charge in [-0.3, -0.25) is 0 Å². The molecule has 0 aliphatic rings. The van der Waals surface area contributed by atoms with Crippen molar-refractivity contribution in [3.05, 3.63) is 83.8 Å². The van der Waals surface area contributed by atoms with Gasteiger partial charge in [-0.15, -0.1) is 0 Å². The summed E-state index contributed by atoms with van der Waals surface area (Å²) in [7, 11) is 0. The highest BCUT2D eigenvalue weighted by Crippen LogP contribution is 2.21. The van der Waals surface area contributed by atoms with Gasteiger partial charge in [-0.05, 0) is 52.9 Å². The Balaban J connectivity index is 1.25. The summed E-state index contributed by atoms with van der Waals surface area (Å²) >= 11 is 0. The molecule has 0 aliphatic carbocycles. The average molecular weight is 412 g/mol. The number of hydrogen-bond donors (Lipinski definition) is 5. The van der Waals surface area contributed by atoms with Gasteiger partial charge in [-0.25, -0.2) is 9.78 Å². The third kappa shape index (κ3) is 3.91. The number of aromatic nitrogens is 4. The molecule has 0 bridgehead atoms. The number of fused-ring (bicyclic) bond motifs is 2. The molecular formula is C23H20N6O2. The molecule has 0 spiro atoms. The van der Waals surface area contributed by atoms with E-state index in [9.17, 15) is 9.90 Å². The Morgan fingerprint density at radius 2 is 1.74 bits per heavy atom. The van der Waals surface area contributed by atoms with Crippen LogP contribution in [0.1, 0.15) is 21.5 Å². The van der Waals surface area contributed by atoms with Crippen molar-refractivity contribution in [3.8, 4) is 0 Å². The molecule has 5 N–H and O–H groups in total. The Bertz CT molecular complexity index is 1390. The molecule has 0 radical (unpaired) electrons. The van der Waals surface area contributed by atoms with E-state index >= 15 is 0 Å². The quantitative estimate of drug-likeness (QED) is 0.271. The van der Waals surface area contributed by atoms with Gasteiger partial charge >= 0.3 is 5.97 Å². The van der Waals surface area contributed by atoms with Crippen LogP contribution >= 0.6 is 0 Å². The molecule has 0 fully saturated rings. The van der Waals surface area contributed by atoms with Crippen molar-refractivity contribution < 1.29 is 9.90 Å². The lowest BCUT2D eigenvalue weighted by Gasteiger charge is -2.09. The van der Waals surface area contributed by atoms with Gasteiger partial charge in [-0.2, -0.15) is 4.98 Å². The molecule has 5 aromatic rings. The maximum absolute atomic E-state index is 11.4. The van der Waals surface area contributed by atoms with Gasteiger partial charge in [-0.1, -0.05) is 12.1 Å². The standard InChI is InChI=1S/C23H20N6O2/c30-22(31)18-13-26-20-4-2-15(10-17(18)20)12-28-23-25-8-6-21(29-23)27-11-14-1-3-19-16(9-14)5-7-24-19/h1-10,13,24,26H,11-12H2,(H,30,31)(H2,25,27,28,29). The zero-order valence-electron chi connectivity index (χ0n) is 16.5. The lowest BCUT2D eigenvalue weighted by atomic mass is 10.1. The Morgan fingerprint density at radius 1 is 0.935 bits per heavy atom. The van der Waals surface area contributed by atoms with E-state index in [4.69, 9.17) is 0 Å². The molecule has 0 saturated heterocycles. The number of benzene rings is 2. The number of aromatic carboxylic acids is 1. The van der Waals surface area contributed by atoms with Crippen molar-refractivity contribution in [2.24, 2.45) is 0 Å². The van der Waals surface area contributed by atoms with E-state index in [0.29, 0.717) is 24.4 Å². The number of carbonyl (C=O) groups is 1. The second-order valence-electron chi connectivity index (χ2n) is 7.26. The fourth-order valence-corrected chi connectivity index (χ4v) is 3.58. The summed E-state index contributed by atoms with van der Waals surface area (Å²) in [5.41, 5.74) is 4.27. The summed E-state index contributed by atoms with van der Waals surface area (Å²) in [4.78, 5) is 26.3. The Morgan fingerprint density at radius 3 is 2.61 bits per heavy atom. The topological polar surface area (TPSA) is 119 Å². The maximum atomic E-state index is 11.4. The number of hydrogen-bond acceptors (Lipinski definition) is 5. The van der Waals surface area contributed by atoms with Crippen molar-refractivity contribution in [3.63, 3.8) is 0 Å². The second kappa shape index (κ2) is 7.83. The van der Waals surface area contributed by atoms with Crippen molar-refractivity contribution in [1.29, 1.82) is 0 Å². The Labute approximate surface area is 177 Å². The van der Waals surface area contributed by atoms with Crippen molar-refractivity contribution in [2.75, 3.05) is 10.6 Å². The minimum absolute atomic E-state index is 0.261. The average Bonchev–Trinajstić information content (AvgIpc) is 3.42. The fourth-order valence-electron chi connectivity index (χ4n) is 3.58. The predicted molar refractivity (Wildman–Crippen MR) is 120 cm³/mol. The van der Waals surface area contributed by atoms with Crippen molar-refractivity contribution >= 4 is 39.5 Å². The monoisotopic (exact) mass is 412 g/mol. The largest absolute Gasteiger partial charge is 0.478 e. The van der Waals surface area contributed by atoms with E-state index in [1.54, 1.807) is 6.20 Å². The molecule has 5 rings (SSSR count). The molecule has 0 aliphatic heterocycles. The molecular weight excluding hydrogens is 392 g/mol. The molecule has 8 heteroatoms. The first-order chi connectivity index (χ1) is 15.2. The summed E-state index contributed by atoms with van der Waals surface area (Å²) in [6.07, 6.45) is 5.14.